The normalized spacial score (nSPS) is 11.2. The molecular formula is C32H34N8O9. The van der Waals surface area contributed by atoms with Crippen molar-refractivity contribution in [3.05, 3.63) is 131 Å². The predicted molar refractivity (Wildman–Crippen MR) is 170 cm³/mol. The second kappa shape index (κ2) is 19.8. The molecule has 5 aromatic rings. The Morgan fingerprint density at radius 2 is 1.22 bits per heavy atom. The molecule has 0 unspecified atom stereocenters. The third kappa shape index (κ3) is 12.2. The Morgan fingerprint density at radius 3 is 1.69 bits per heavy atom. The number of carbonyl (C=O) groups excluding carboxylic acids is 2. The number of benzene rings is 3. The number of aromatic amines is 1. The van der Waals surface area contributed by atoms with Crippen LogP contribution < -0.4 is 10.6 Å². The molecule has 0 fully saturated rings. The summed E-state index contributed by atoms with van der Waals surface area (Å²) in [4.78, 5) is 46.2. The number of ether oxygens (including phenoxy) is 2. The molecule has 0 bridgehead atoms. The number of nitrogens with one attached hydrogen (secondary N) is 3. The van der Waals surface area contributed by atoms with Gasteiger partial charge >= 0.3 is 24.1 Å². The zero-order chi connectivity index (χ0) is 35.4. The topological polar surface area (TPSA) is 244 Å². The van der Waals surface area contributed by atoms with Crippen molar-refractivity contribution in [3.63, 3.8) is 0 Å². The molecule has 2 aromatic heterocycles. The van der Waals surface area contributed by atoms with Crippen LogP contribution in [0.2, 0.25) is 0 Å². The fourth-order valence-corrected chi connectivity index (χ4v) is 4.04. The van der Waals surface area contributed by atoms with E-state index < -0.39 is 36.2 Å². The average molecular weight is 675 g/mol. The molecule has 17 nitrogen and oxygen atoms in total. The largest absolute Gasteiger partial charge is 0.479 e. The molecule has 5 rings (SSSR count). The smallest absolute Gasteiger partial charge is 0.408 e. The van der Waals surface area contributed by atoms with E-state index in [0.29, 0.717) is 29.1 Å². The van der Waals surface area contributed by atoms with Crippen molar-refractivity contribution >= 4 is 24.1 Å². The molecule has 2 heterocycles. The van der Waals surface area contributed by atoms with Crippen molar-refractivity contribution in [2.75, 3.05) is 7.11 Å². The van der Waals surface area contributed by atoms with E-state index in [4.69, 9.17) is 19.7 Å². The third-order valence-electron chi connectivity index (χ3n) is 6.32. The van der Waals surface area contributed by atoms with Crippen LogP contribution in [0.1, 0.15) is 40.2 Å². The lowest BCUT2D eigenvalue weighted by Crippen LogP contribution is -2.34. The number of aliphatic hydroxyl groups is 1. The van der Waals surface area contributed by atoms with Crippen LogP contribution in [0, 0.1) is 0 Å². The van der Waals surface area contributed by atoms with Crippen molar-refractivity contribution < 1.29 is 44.0 Å². The highest BCUT2D eigenvalue weighted by molar-refractivity contribution is 5.82. The molecule has 0 aliphatic heterocycles. The quantitative estimate of drug-likeness (QED) is 0.112. The summed E-state index contributed by atoms with van der Waals surface area (Å²) < 4.78 is 11.6. The van der Waals surface area contributed by atoms with E-state index in [1.54, 1.807) is 65.3 Å². The van der Waals surface area contributed by atoms with E-state index >= 15 is 0 Å². The van der Waals surface area contributed by atoms with Gasteiger partial charge in [-0.05, 0) is 16.7 Å². The fourth-order valence-electron chi connectivity index (χ4n) is 4.04. The fraction of sp³-hybridized carbons (Fsp3) is 0.188. The zero-order valence-electron chi connectivity index (χ0n) is 26.1. The van der Waals surface area contributed by atoms with Crippen molar-refractivity contribution in [2.24, 2.45) is 0 Å². The van der Waals surface area contributed by atoms with Crippen LogP contribution in [0.3, 0.4) is 0 Å². The van der Waals surface area contributed by atoms with Gasteiger partial charge < -0.3 is 35.4 Å². The van der Waals surface area contributed by atoms with Crippen LogP contribution in [0.4, 0.5) is 9.59 Å². The summed E-state index contributed by atoms with van der Waals surface area (Å²) in [6, 6.07) is 24.1. The van der Waals surface area contributed by atoms with E-state index in [0.717, 1.165) is 12.7 Å². The standard InChI is InChI=1S/C19H18N4O4.C12H12N4O4.CH4O/c24-18(25)17(15-9-5-2-6-10-15)21-19(26)27-13-16-11-20-22-23(16)12-14-7-3-1-4-8-14;17-11(18)10(8-4-2-1-3-5-8)14-12(19)20-7-9-6-13-16-15-9;1-2/h1-11,17H,12-13H2,(H,21,26)(H,24,25);1-6,10H,7H2,(H,14,19)(H,17,18)(H,13,15,16);2H,1H3/t17-;10-;/m11./s1. The number of aromatic nitrogens is 6. The molecule has 0 saturated carbocycles. The first kappa shape index (κ1) is 36.8. The van der Waals surface area contributed by atoms with Gasteiger partial charge in [0.2, 0.25) is 0 Å². The number of carbonyl (C=O) groups is 4. The Labute approximate surface area is 279 Å². The highest BCUT2D eigenvalue weighted by Crippen LogP contribution is 2.14. The first-order valence-corrected chi connectivity index (χ1v) is 14.4. The van der Waals surface area contributed by atoms with Gasteiger partial charge in [0.1, 0.15) is 18.9 Å². The minimum absolute atomic E-state index is 0.0766. The van der Waals surface area contributed by atoms with E-state index in [2.05, 4.69) is 36.4 Å². The maximum atomic E-state index is 12.0. The van der Waals surface area contributed by atoms with Gasteiger partial charge in [-0.2, -0.15) is 15.4 Å². The molecule has 17 heteroatoms. The SMILES string of the molecule is CO.O=C(N[C@@H](C(=O)O)c1ccccc1)OCc1cn[nH]n1.O=C(N[C@@H](C(=O)O)c1ccccc1)OCc1cnnn1Cc1ccccc1. The van der Waals surface area contributed by atoms with E-state index in [9.17, 15) is 24.3 Å². The summed E-state index contributed by atoms with van der Waals surface area (Å²) in [6.07, 6.45) is 1.23. The van der Waals surface area contributed by atoms with Crippen LogP contribution >= 0.6 is 0 Å². The molecule has 0 aliphatic rings. The van der Waals surface area contributed by atoms with Crippen LogP contribution in [0.25, 0.3) is 0 Å². The second-order valence-electron chi connectivity index (χ2n) is 9.63. The van der Waals surface area contributed by atoms with Crippen LogP contribution in [0.15, 0.2) is 103 Å². The summed E-state index contributed by atoms with van der Waals surface area (Å²) >= 11 is 0. The summed E-state index contributed by atoms with van der Waals surface area (Å²) in [5.74, 6) is -2.34. The number of alkyl carbamates (subject to hydrolysis) is 2. The lowest BCUT2D eigenvalue weighted by atomic mass is 10.1. The van der Waals surface area contributed by atoms with Gasteiger partial charge in [0.15, 0.2) is 12.1 Å². The van der Waals surface area contributed by atoms with Gasteiger partial charge in [-0.1, -0.05) is 96.2 Å². The van der Waals surface area contributed by atoms with E-state index in [-0.39, 0.29) is 13.2 Å². The van der Waals surface area contributed by atoms with Crippen LogP contribution in [0.5, 0.6) is 0 Å². The predicted octanol–water partition coefficient (Wildman–Crippen LogP) is 2.84. The third-order valence-corrected chi connectivity index (χ3v) is 6.32. The molecular weight excluding hydrogens is 640 g/mol. The minimum Gasteiger partial charge on any atom is -0.479 e. The number of amides is 2. The lowest BCUT2D eigenvalue weighted by molar-refractivity contribution is -0.140. The average Bonchev–Trinajstić information content (AvgIpc) is 3.82. The Hall–Kier alpha value is -6.62. The van der Waals surface area contributed by atoms with E-state index in [1.807, 2.05) is 30.3 Å². The number of aliphatic hydroxyl groups excluding tert-OH is 1. The van der Waals surface area contributed by atoms with Crippen LogP contribution in [-0.2, 0) is 38.8 Å². The van der Waals surface area contributed by atoms with Gasteiger partial charge in [0, 0.05) is 7.11 Å². The van der Waals surface area contributed by atoms with Gasteiger partial charge in [-0.25, -0.2) is 23.9 Å². The minimum atomic E-state index is -1.19. The summed E-state index contributed by atoms with van der Waals surface area (Å²) in [6.45, 7) is 0.319. The number of rotatable bonds is 12. The van der Waals surface area contributed by atoms with E-state index in [1.165, 1.54) is 12.4 Å². The molecule has 49 heavy (non-hydrogen) atoms. The van der Waals surface area contributed by atoms with Gasteiger partial charge in [-0.15, -0.1) is 5.10 Å². The molecule has 0 saturated heterocycles. The Bertz CT molecular complexity index is 1720. The number of hydrogen-bond donors (Lipinski definition) is 6. The zero-order valence-corrected chi connectivity index (χ0v) is 26.1. The molecule has 0 aliphatic carbocycles. The second-order valence-corrected chi connectivity index (χ2v) is 9.63. The number of H-pyrrole nitrogens is 1. The maximum Gasteiger partial charge on any atom is 0.408 e. The van der Waals surface area contributed by atoms with Crippen molar-refractivity contribution in [1.29, 1.82) is 0 Å². The Kier molecular flexibility index (Phi) is 14.9. The first-order valence-electron chi connectivity index (χ1n) is 14.4. The summed E-state index contributed by atoms with van der Waals surface area (Å²) in [5, 5.41) is 47.6. The molecule has 2 amide bonds. The Balaban J connectivity index is 0.000000263. The molecule has 256 valence electrons. The van der Waals surface area contributed by atoms with Crippen molar-refractivity contribution in [1.82, 2.24) is 41.0 Å². The van der Waals surface area contributed by atoms with Crippen LogP contribution in [-0.4, -0.2) is 77.0 Å². The molecule has 0 spiro atoms. The Morgan fingerprint density at radius 1 is 0.735 bits per heavy atom. The summed E-state index contributed by atoms with van der Waals surface area (Å²) in [5.41, 5.74) is 2.98. The van der Waals surface area contributed by atoms with Crippen molar-refractivity contribution in [2.45, 2.75) is 31.8 Å². The molecule has 0 radical (unpaired) electrons. The number of carboxylic acids is 2. The maximum absolute atomic E-state index is 12.0. The summed E-state index contributed by atoms with van der Waals surface area (Å²) in [7, 11) is 1.00. The lowest BCUT2D eigenvalue weighted by Gasteiger charge is -2.15. The highest BCUT2D eigenvalue weighted by Gasteiger charge is 2.24. The number of nitrogens with zero attached hydrogens (tertiary/aromatic N) is 5. The molecule has 3 aromatic carbocycles. The first-order chi connectivity index (χ1) is 23.8. The van der Waals surface area contributed by atoms with Gasteiger partial charge in [0.05, 0.1) is 24.6 Å². The number of aliphatic carboxylic acids is 2. The van der Waals surface area contributed by atoms with Crippen molar-refractivity contribution in [3.8, 4) is 0 Å². The molecule has 2 atom stereocenters. The monoisotopic (exact) mass is 674 g/mol. The van der Waals surface area contributed by atoms with Gasteiger partial charge in [0.25, 0.3) is 0 Å². The number of carboxylic acid groups (broad SMARTS) is 2. The highest BCUT2D eigenvalue weighted by atomic mass is 16.6. The van der Waals surface area contributed by atoms with Gasteiger partial charge in [-0.3, -0.25) is 0 Å². The molecule has 6 N–H and O–H groups in total. The number of hydrogen-bond acceptors (Lipinski definition) is 11.